The zero-order valence-corrected chi connectivity index (χ0v) is 9.24. The summed E-state index contributed by atoms with van der Waals surface area (Å²) in [5, 5.41) is 12.4. The zero-order valence-electron chi connectivity index (χ0n) is 9.24. The lowest BCUT2D eigenvalue weighted by molar-refractivity contribution is 0.196. The number of hydrogen-bond acceptors (Lipinski definition) is 3. The van der Waals surface area contributed by atoms with E-state index in [9.17, 15) is 5.11 Å². The summed E-state index contributed by atoms with van der Waals surface area (Å²) >= 11 is 0. The van der Waals surface area contributed by atoms with Crippen LogP contribution < -0.4 is 11.1 Å². The molecule has 84 valence electrons. The number of benzene rings is 1. The van der Waals surface area contributed by atoms with E-state index in [1.165, 1.54) is 12.0 Å². The van der Waals surface area contributed by atoms with Gasteiger partial charge in [0.25, 0.3) is 0 Å². The predicted octanol–water partition coefficient (Wildman–Crippen LogP) is 1.37. The molecule has 4 N–H and O–H groups in total. The molecule has 1 atom stereocenters. The molecular weight excluding hydrogens is 188 g/mol. The summed E-state index contributed by atoms with van der Waals surface area (Å²) in [5.41, 5.74) is 7.69. The third-order valence-electron chi connectivity index (χ3n) is 2.31. The first-order chi connectivity index (χ1) is 7.26. The van der Waals surface area contributed by atoms with E-state index >= 15 is 0 Å². The molecule has 0 saturated heterocycles. The number of rotatable bonds is 6. The molecule has 3 heteroatoms. The molecule has 0 fully saturated rings. The first-order valence-corrected chi connectivity index (χ1v) is 5.47. The number of nitrogens with one attached hydrogen (secondary N) is 1. The fourth-order valence-electron chi connectivity index (χ4n) is 1.40. The Morgan fingerprint density at radius 3 is 2.53 bits per heavy atom. The van der Waals surface area contributed by atoms with E-state index in [-0.39, 0.29) is 0 Å². The summed E-state index contributed by atoms with van der Waals surface area (Å²) in [6.07, 6.45) is 1.81. The second-order valence-corrected chi connectivity index (χ2v) is 3.72. The van der Waals surface area contributed by atoms with Crippen LogP contribution in [-0.2, 0) is 6.42 Å². The van der Waals surface area contributed by atoms with Gasteiger partial charge in [-0.15, -0.1) is 0 Å². The van der Waals surface area contributed by atoms with Crippen molar-refractivity contribution in [3.05, 3.63) is 29.8 Å². The number of hydrogen-bond donors (Lipinski definition) is 3. The molecule has 15 heavy (non-hydrogen) atoms. The van der Waals surface area contributed by atoms with Gasteiger partial charge in [-0.3, -0.25) is 0 Å². The lowest BCUT2D eigenvalue weighted by atomic mass is 10.1. The van der Waals surface area contributed by atoms with Crippen molar-refractivity contribution in [3.63, 3.8) is 0 Å². The van der Waals surface area contributed by atoms with Gasteiger partial charge >= 0.3 is 0 Å². The highest BCUT2D eigenvalue weighted by Crippen LogP contribution is 2.10. The molecular formula is C12H20N2O. The van der Waals surface area contributed by atoms with Crippen LogP contribution in [0.5, 0.6) is 0 Å². The van der Waals surface area contributed by atoms with Gasteiger partial charge in [0.2, 0.25) is 0 Å². The molecule has 0 amide bonds. The summed E-state index contributed by atoms with van der Waals surface area (Å²) in [6, 6.07) is 8.30. The Bertz CT molecular complexity index is 271. The van der Waals surface area contributed by atoms with Crippen molar-refractivity contribution in [1.29, 1.82) is 0 Å². The van der Waals surface area contributed by atoms with Crippen molar-refractivity contribution < 1.29 is 5.11 Å². The topological polar surface area (TPSA) is 58.3 Å². The smallest absolute Gasteiger partial charge is 0.0834 e. The maximum absolute atomic E-state index is 9.27. The van der Waals surface area contributed by atoms with Crippen LogP contribution in [0.25, 0.3) is 0 Å². The molecule has 3 nitrogen and oxygen atoms in total. The van der Waals surface area contributed by atoms with E-state index in [0.29, 0.717) is 13.1 Å². The van der Waals surface area contributed by atoms with Crippen LogP contribution in [-0.4, -0.2) is 24.3 Å². The molecule has 0 bridgehead atoms. The van der Waals surface area contributed by atoms with Crippen LogP contribution in [0.1, 0.15) is 18.9 Å². The first kappa shape index (κ1) is 12.0. The minimum absolute atomic E-state index is 0.293. The summed E-state index contributed by atoms with van der Waals surface area (Å²) in [4.78, 5) is 0. The lowest BCUT2D eigenvalue weighted by Gasteiger charge is -2.10. The van der Waals surface area contributed by atoms with Crippen molar-refractivity contribution in [2.75, 3.05) is 18.4 Å². The summed E-state index contributed by atoms with van der Waals surface area (Å²) in [7, 11) is 0. The normalized spacial score (nSPS) is 12.5. The maximum atomic E-state index is 9.27. The summed E-state index contributed by atoms with van der Waals surface area (Å²) in [5.74, 6) is 0. The minimum Gasteiger partial charge on any atom is -0.390 e. The Morgan fingerprint density at radius 1 is 1.33 bits per heavy atom. The second kappa shape index (κ2) is 6.43. The molecule has 0 aliphatic rings. The average Bonchev–Trinajstić information content (AvgIpc) is 2.28. The van der Waals surface area contributed by atoms with E-state index in [2.05, 4.69) is 24.4 Å². The van der Waals surface area contributed by atoms with Crippen molar-refractivity contribution >= 4 is 5.69 Å². The standard InChI is InChI=1S/C12H20N2O/c1-2-3-10-4-6-11(7-5-10)14-9-12(15)8-13/h4-7,12,14-15H,2-3,8-9,13H2,1H3. The lowest BCUT2D eigenvalue weighted by Crippen LogP contribution is -2.27. The molecule has 0 aromatic heterocycles. The Kier molecular flexibility index (Phi) is 5.15. The highest BCUT2D eigenvalue weighted by molar-refractivity contribution is 5.44. The molecule has 1 aromatic carbocycles. The zero-order chi connectivity index (χ0) is 11.1. The van der Waals surface area contributed by atoms with Gasteiger partial charge in [0.15, 0.2) is 0 Å². The molecule has 1 unspecified atom stereocenters. The highest BCUT2D eigenvalue weighted by atomic mass is 16.3. The highest BCUT2D eigenvalue weighted by Gasteiger charge is 2.00. The van der Waals surface area contributed by atoms with Gasteiger partial charge in [0.05, 0.1) is 6.10 Å². The van der Waals surface area contributed by atoms with Crippen LogP contribution in [0, 0.1) is 0 Å². The number of aliphatic hydroxyl groups is 1. The molecule has 0 radical (unpaired) electrons. The van der Waals surface area contributed by atoms with Gasteiger partial charge in [-0.1, -0.05) is 25.5 Å². The fraction of sp³-hybridized carbons (Fsp3) is 0.500. The summed E-state index contributed by atoms with van der Waals surface area (Å²) < 4.78 is 0. The van der Waals surface area contributed by atoms with Crippen molar-refractivity contribution in [1.82, 2.24) is 0 Å². The minimum atomic E-state index is -0.472. The fourth-order valence-corrected chi connectivity index (χ4v) is 1.40. The quantitative estimate of drug-likeness (QED) is 0.662. The van der Waals surface area contributed by atoms with Gasteiger partial charge in [-0.25, -0.2) is 0 Å². The molecule has 0 heterocycles. The molecule has 0 aliphatic carbocycles. The monoisotopic (exact) mass is 208 g/mol. The maximum Gasteiger partial charge on any atom is 0.0834 e. The SMILES string of the molecule is CCCc1ccc(NCC(O)CN)cc1. The largest absolute Gasteiger partial charge is 0.390 e. The molecule has 1 aromatic rings. The first-order valence-electron chi connectivity index (χ1n) is 5.47. The van der Waals surface area contributed by atoms with E-state index in [4.69, 9.17) is 5.73 Å². The number of aliphatic hydroxyl groups excluding tert-OH is 1. The van der Waals surface area contributed by atoms with Gasteiger partial charge in [-0.2, -0.15) is 0 Å². The van der Waals surface area contributed by atoms with Gasteiger partial charge < -0.3 is 16.2 Å². The van der Waals surface area contributed by atoms with E-state index in [1.54, 1.807) is 0 Å². The van der Waals surface area contributed by atoms with Crippen LogP contribution in [0.4, 0.5) is 5.69 Å². The van der Waals surface area contributed by atoms with Crippen LogP contribution >= 0.6 is 0 Å². The Labute approximate surface area is 91.3 Å². The van der Waals surface area contributed by atoms with Gasteiger partial charge in [-0.05, 0) is 24.1 Å². The van der Waals surface area contributed by atoms with Crippen molar-refractivity contribution in [2.45, 2.75) is 25.9 Å². The average molecular weight is 208 g/mol. The van der Waals surface area contributed by atoms with Gasteiger partial charge in [0.1, 0.15) is 0 Å². The van der Waals surface area contributed by atoms with Crippen molar-refractivity contribution in [2.24, 2.45) is 5.73 Å². The molecule has 0 saturated carbocycles. The Hall–Kier alpha value is -1.06. The number of nitrogens with two attached hydrogens (primary N) is 1. The van der Waals surface area contributed by atoms with Gasteiger partial charge in [0, 0.05) is 18.8 Å². The van der Waals surface area contributed by atoms with Crippen LogP contribution in [0.3, 0.4) is 0 Å². The molecule has 0 aliphatic heterocycles. The Morgan fingerprint density at radius 2 is 2.00 bits per heavy atom. The summed E-state index contributed by atoms with van der Waals surface area (Å²) in [6.45, 7) is 2.97. The van der Waals surface area contributed by atoms with E-state index in [0.717, 1.165) is 12.1 Å². The third kappa shape index (κ3) is 4.32. The second-order valence-electron chi connectivity index (χ2n) is 3.72. The molecule has 1 rings (SSSR count). The van der Waals surface area contributed by atoms with Crippen molar-refractivity contribution in [3.8, 4) is 0 Å². The third-order valence-corrected chi connectivity index (χ3v) is 2.31. The number of anilines is 1. The van der Waals surface area contributed by atoms with E-state index < -0.39 is 6.10 Å². The molecule has 0 spiro atoms. The number of aryl methyl sites for hydroxylation is 1. The Balaban J connectivity index is 2.42. The van der Waals surface area contributed by atoms with Crippen LogP contribution in [0.15, 0.2) is 24.3 Å². The van der Waals surface area contributed by atoms with E-state index in [1.807, 2.05) is 12.1 Å². The van der Waals surface area contributed by atoms with Crippen LogP contribution in [0.2, 0.25) is 0 Å². The predicted molar refractivity (Wildman–Crippen MR) is 64.0 cm³/mol.